The summed E-state index contributed by atoms with van der Waals surface area (Å²) in [5.41, 5.74) is 1.95. The first-order valence-corrected chi connectivity index (χ1v) is 6.42. The average Bonchev–Trinajstić information content (AvgIpc) is 2.74. The number of aliphatic hydroxyl groups excluding tert-OH is 1. The third kappa shape index (κ3) is 2.36. The number of aliphatic hydroxyl groups is 1. The van der Waals surface area contributed by atoms with Gasteiger partial charge in [0.25, 0.3) is 0 Å². The molecule has 4 heteroatoms. The van der Waals surface area contributed by atoms with Gasteiger partial charge in [-0.1, -0.05) is 11.8 Å². The van der Waals surface area contributed by atoms with E-state index in [4.69, 9.17) is 9.84 Å². The molecule has 1 N–H and O–H groups in total. The Morgan fingerprint density at radius 1 is 1.47 bits per heavy atom. The lowest BCUT2D eigenvalue weighted by atomic mass is 9.95. The van der Waals surface area contributed by atoms with E-state index in [9.17, 15) is 4.79 Å². The molecule has 0 aromatic carbocycles. The van der Waals surface area contributed by atoms with E-state index < -0.39 is 0 Å². The summed E-state index contributed by atoms with van der Waals surface area (Å²) in [6, 6.07) is 0. The van der Waals surface area contributed by atoms with Crippen molar-refractivity contribution in [2.45, 2.75) is 25.7 Å². The van der Waals surface area contributed by atoms with E-state index in [1.54, 1.807) is 0 Å². The number of carbonyl (C=O) groups is 1. The van der Waals surface area contributed by atoms with Crippen LogP contribution in [0.3, 0.4) is 0 Å². The number of aryl methyl sites for hydroxylation is 1. The van der Waals surface area contributed by atoms with Crippen molar-refractivity contribution in [1.29, 1.82) is 0 Å². The Hall–Kier alpha value is -1.31. The van der Waals surface area contributed by atoms with Crippen LogP contribution < -0.4 is 0 Å². The first kappa shape index (κ1) is 12.2. The fourth-order valence-corrected chi connectivity index (χ4v) is 3.33. The topological polar surface area (TPSA) is 46.5 Å². The molecule has 0 spiro atoms. The number of carbonyl (C=O) groups excluding carboxylic acids is 1. The van der Waals surface area contributed by atoms with E-state index in [1.807, 2.05) is 0 Å². The largest absolute Gasteiger partial charge is 0.465 e. The predicted molar refractivity (Wildman–Crippen MR) is 66.3 cm³/mol. The van der Waals surface area contributed by atoms with E-state index in [1.165, 1.54) is 35.3 Å². The van der Waals surface area contributed by atoms with Crippen molar-refractivity contribution in [3.63, 3.8) is 0 Å². The number of ether oxygens (including phenoxy) is 1. The van der Waals surface area contributed by atoms with E-state index in [0.717, 1.165) is 24.8 Å². The highest BCUT2D eigenvalue weighted by molar-refractivity contribution is 7.14. The average molecular weight is 250 g/mol. The van der Waals surface area contributed by atoms with Gasteiger partial charge < -0.3 is 9.84 Å². The SMILES string of the molecule is COC(=O)c1sc2c(c1C#CCO)CCCC2. The third-order valence-corrected chi connectivity index (χ3v) is 4.11. The molecule has 1 aliphatic carbocycles. The zero-order valence-electron chi connectivity index (χ0n) is 9.71. The molecule has 1 heterocycles. The normalized spacial score (nSPS) is 13.5. The molecular weight excluding hydrogens is 236 g/mol. The Labute approximate surface area is 104 Å². The fourth-order valence-electron chi connectivity index (χ4n) is 2.06. The number of fused-ring (bicyclic) bond motifs is 1. The zero-order chi connectivity index (χ0) is 12.3. The van der Waals surface area contributed by atoms with Gasteiger partial charge in [0, 0.05) is 4.88 Å². The maximum Gasteiger partial charge on any atom is 0.349 e. The van der Waals surface area contributed by atoms with Crippen LogP contribution in [-0.2, 0) is 17.6 Å². The minimum atomic E-state index is -0.327. The molecule has 3 nitrogen and oxygen atoms in total. The molecule has 0 saturated heterocycles. The van der Waals surface area contributed by atoms with Crippen LogP contribution in [0.15, 0.2) is 0 Å². The van der Waals surface area contributed by atoms with Gasteiger partial charge in [-0.25, -0.2) is 4.79 Å². The Kier molecular flexibility index (Phi) is 3.82. The van der Waals surface area contributed by atoms with Crippen molar-refractivity contribution < 1.29 is 14.6 Å². The molecular formula is C13H14O3S. The van der Waals surface area contributed by atoms with Crippen LogP contribution in [0.2, 0.25) is 0 Å². The molecule has 17 heavy (non-hydrogen) atoms. The van der Waals surface area contributed by atoms with Crippen molar-refractivity contribution in [2.24, 2.45) is 0 Å². The Morgan fingerprint density at radius 3 is 2.94 bits per heavy atom. The molecule has 1 aliphatic rings. The van der Waals surface area contributed by atoms with Gasteiger partial charge in [0.2, 0.25) is 0 Å². The van der Waals surface area contributed by atoms with Crippen LogP contribution in [0, 0.1) is 11.8 Å². The lowest BCUT2D eigenvalue weighted by Gasteiger charge is -2.10. The molecule has 0 bridgehead atoms. The van der Waals surface area contributed by atoms with E-state index in [-0.39, 0.29) is 12.6 Å². The van der Waals surface area contributed by atoms with Gasteiger partial charge in [0.05, 0.1) is 12.7 Å². The molecule has 0 saturated carbocycles. The maximum absolute atomic E-state index is 11.7. The molecule has 0 fully saturated rings. The monoisotopic (exact) mass is 250 g/mol. The number of hydrogen-bond donors (Lipinski definition) is 1. The highest BCUT2D eigenvalue weighted by Gasteiger charge is 2.23. The van der Waals surface area contributed by atoms with Gasteiger partial charge in [0.1, 0.15) is 11.5 Å². The molecule has 1 aromatic heterocycles. The fraction of sp³-hybridized carbons (Fsp3) is 0.462. The van der Waals surface area contributed by atoms with Crippen LogP contribution in [0.1, 0.15) is 38.5 Å². The number of thiophene rings is 1. The van der Waals surface area contributed by atoms with Gasteiger partial charge in [-0.3, -0.25) is 0 Å². The molecule has 90 valence electrons. The number of rotatable bonds is 1. The zero-order valence-corrected chi connectivity index (χ0v) is 10.5. The second-order valence-electron chi connectivity index (χ2n) is 3.87. The lowest BCUT2D eigenvalue weighted by Crippen LogP contribution is -2.03. The van der Waals surface area contributed by atoms with Crippen molar-refractivity contribution in [3.8, 4) is 11.8 Å². The van der Waals surface area contributed by atoms with Crippen LogP contribution in [0.25, 0.3) is 0 Å². The standard InChI is InChI=1S/C13H14O3S/c1-16-13(15)12-10(6-4-8-14)9-5-2-3-7-11(9)17-12/h14H,2-3,5,7-8H2,1H3. The third-order valence-electron chi connectivity index (χ3n) is 2.83. The van der Waals surface area contributed by atoms with Crippen molar-refractivity contribution in [2.75, 3.05) is 13.7 Å². The summed E-state index contributed by atoms with van der Waals surface area (Å²) in [4.78, 5) is 13.5. The van der Waals surface area contributed by atoms with Gasteiger partial charge >= 0.3 is 5.97 Å². The summed E-state index contributed by atoms with van der Waals surface area (Å²) < 4.78 is 4.78. The quantitative estimate of drug-likeness (QED) is 0.610. The predicted octanol–water partition coefficient (Wildman–Crippen LogP) is 1.76. The summed E-state index contributed by atoms with van der Waals surface area (Å²) in [7, 11) is 1.38. The Balaban J connectivity index is 2.50. The van der Waals surface area contributed by atoms with Gasteiger partial charge in [-0.2, -0.15) is 0 Å². The van der Waals surface area contributed by atoms with Crippen molar-refractivity contribution in [3.05, 3.63) is 20.9 Å². The van der Waals surface area contributed by atoms with Crippen molar-refractivity contribution >= 4 is 17.3 Å². The number of esters is 1. The van der Waals surface area contributed by atoms with E-state index >= 15 is 0 Å². The first-order chi connectivity index (χ1) is 8.27. The number of methoxy groups -OCH3 is 1. The highest BCUT2D eigenvalue weighted by atomic mass is 32.1. The lowest BCUT2D eigenvalue weighted by molar-refractivity contribution is 0.0606. The molecule has 0 atom stereocenters. The number of hydrogen-bond acceptors (Lipinski definition) is 4. The summed E-state index contributed by atoms with van der Waals surface area (Å²) in [5.74, 6) is 5.19. The maximum atomic E-state index is 11.7. The summed E-state index contributed by atoms with van der Waals surface area (Å²) >= 11 is 1.49. The molecule has 0 unspecified atom stereocenters. The second kappa shape index (κ2) is 5.35. The van der Waals surface area contributed by atoms with Crippen LogP contribution in [-0.4, -0.2) is 24.8 Å². The summed E-state index contributed by atoms with van der Waals surface area (Å²) in [6.45, 7) is -0.189. The van der Waals surface area contributed by atoms with E-state index in [0.29, 0.717) is 4.88 Å². The Morgan fingerprint density at radius 2 is 2.24 bits per heavy atom. The second-order valence-corrected chi connectivity index (χ2v) is 4.97. The van der Waals surface area contributed by atoms with Gasteiger partial charge in [-0.15, -0.1) is 11.3 Å². The molecule has 0 amide bonds. The summed E-state index contributed by atoms with van der Waals surface area (Å²) in [5, 5.41) is 8.77. The minimum Gasteiger partial charge on any atom is -0.465 e. The van der Waals surface area contributed by atoms with Crippen LogP contribution in [0.4, 0.5) is 0 Å². The van der Waals surface area contributed by atoms with Crippen LogP contribution in [0.5, 0.6) is 0 Å². The smallest absolute Gasteiger partial charge is 0.349 e. The minimum absolute atomic E-state index is 0.189. The molecule has 0 radical (unpaired) electrons. The Bertz CT molecular complexity index is 491. The molecule has 1 aromatic rings. The summed E-state index contributed by atoms with van der Waals surface area (Å²) in [6.07, 6.45) is 4.29. The van der Waals surface area contributed by atoms with E-state index in [2.05, 4.69) is 11.8 Å². The first-order valence-electron chi connectivity index (χ1n) is 5.60. The van der Waals surface area contributed by atoms with Crippen LogP contribution >= 0.6 is 11.3 Å². The molecule has 2 rings (SSSR count). The molecule has 0 aliphatic heterocycles. The highest BCUT2D eigenvalue weighted by Crippen LogP contribution is 2.34. The van der Waals surface area contributed by atoms with Gasteiger partial charge in [-0.05, 0) is 31.2 Å². The van der Waals surface area contributed by atoms with Gasteiger partial charge in [0.15, 0.2) is 0 Å². The van der Waals surface area contributed by atoms with Crippen molar-refractivity contribution in [1.82, 2.24) is 0 Å².